The molecule has 0 aliphatic carbocycles. The van der Waals surface area contributed by atoms with Crippen LogP contribution in [0.3, 0.4) is 0 Å². The Morgan fingerprint density at radius 3 is 2.41 bits per heavy atom. The Kier molecular flexibility index (Phi) is 5.68. The van der Waals surface area contributed by atoms with Crippen molar-refractivity contribution in [2.75, 3.05) is 6.61 Å². The van der Waals surface area contributed by atoms with Crippen molar-refractivity contribution in [1.29, 1.82) is 0 Å². The molecule has 0 aliphatic rings. The number of hydrogen-bond donors (Lipinski definition) is 0. The topological polar surface area (TPSA) is 34.7 Å². The average Bonchev–Trinajstić information content (AvgIpc) is 2.74. The third kappa shape index (κ3) is 4.52. The molecule has 0 atom stereocenters. The fourth-order valence-corrected chi connectivity index (χ4v) is 3.29. The third-order valence-corrected chi connectivity index (χ3v) is 4.96. The SMILES string of the molecule is CCOc1ccc2oc(-c3ccc(C)cc3)cc(=NCc3ccc(Cl)cc3)c2c1. The molecule has 0 radical (unpaired) electrons. The number of halogens is 1. The summed E-state index contributed by atoms with van der Waals surface area (Å²) in [7, 11) is 0. The second-order valence-corrected chi connectivity index (χ2v) is 7.33. The molecule has 0 amide bonds. The van der Waals surface area contributed by atoms with Gasteiger partial charge >= 0.3 is 0 Å². The summed E-state index contributed by atoms with van der Waals surface area (Å²) in [6.45, 7) is 5.22. The summed E-state index contributed by atoms with van der Waals surface area (Å²) >= 11 is 6.00. The number of nitrogens with zero attached hydrogens (tertiary/aromatic N) is 1. The number of ether oxygens (including phenoxy) is 1. The Morgan fingerprint density at radius 2 is 1.69 bits per heavy atom. The van der Waals surface area contributed by atoms with Crippen LogP contribution in [0, 0.1) is 6.92 Å². The Balaban J connectivity index is 1.85. The third-order valence-electron chi connectivity index (χ3n) is 4.71. The number of hydrogen-bond acceptors (Lipinski definition) is 3. The first-order chi connectivity index (χ1) is 14.1. The van der Waals surface area contributed by atoms with E-state index in [0.717, 1.165) is 44.0 Å². The first-order valence-electron chi connectivity index (χ1n) is 9.65. The van der Waals surface area contributed by atoms with Crippen LogP contribution in [0.5, 0.6) is 5.75 Å². The largest absolute Gasteiger partial charge is 0.494 e. The molecule has 146 valence electrons. The van der Waals surface area contributed by atoms with Gasteiger partial charge < -0.3 is 9.15 Å². The molecule has 1 heterocycles. The number of fused-ring (bicyclic) bond motifs is 1. The molecule has 3 nitrogen and oxygen atoms in total. The number of benzene rings is 3. The quantitative estimate of drug-likeness (QED) is 0.378. The maximum absolute atomic E-state index is 6.20. The van der Waals surface area contributed by atoms with Gasteiger partial charge in [-0.3, -0.25) is 4.99 Å². The van der Waals surface area contributed by atoms with E-state index in [0.29, 0.717) is 13.2 Å². The van der Waals surface area contributed by atoms with Gasteiger partial charge in [-0.25, -0.2) is 0 Å². The molecule has 0 fully saturated rings. The summed E-state index contributed by atoms with van der Waals surface area (Å²) in [4.78, 5) is 4.88. The van der Waals surface area contributed by atoms with Crippen molar-refractivity contribution in [3.8, 4) is 17.1 Å². The Labute approximate surface area is 175 Å². The maximum atomic E-state index is 6.20. The Hall–Kier alpha value is -3.04. The van der Waals surface area contributed by atoms with Crippen molar-refractivity contribution in [2.24, 2.45) is 4.99 Å². The van der Waals surface area contributed by atoms with E-state index in [1.165, 1.54) is 5.56 Å². The lowest BCUT2D eigenvalue weighted by Crippen LogP contribution is -2.05. The minimum Gasteiger partial charge on any atom is -0.494 e. The van der Waals surface area contributed by atoms with Gasteiger partial charge in [-0.05, 0) is 49.7 Å². The minimum atomic E-state index is 0.558. The molecule has 0 saturated carbocycles. The molecule has 4 heteroatoms. The number of aryl methyl sites for hydroxylation is 1. The molecule has 0 aliphatic heterocycles. The highest BCUT2D eigenvalue weighted by Crippen LogP contribution is 2.25. The van der Waals surface area contributed by atoms with E-state index >= 15 is 0 Å². The first kappa shape index (κ1) is 19.3. The van der Waals surface area contributed by atoms with Gasteiger partial charge in [-0.1, -0.05) is 53.6 Å². The van der Waals surface area contributed by atoms with Crippen molar-refractivity contribution in [3.63, 3.8) is 0 Å². The second kappa shape index (κ2) is 8.54. The van der Waals surface area contributed by atoms with Gasteiger partial charge in [0, 0.05) is 22.0 Å². The first-order valence-corrected chi connectivity index (χ1v) is 10.0. The fraction of sp³-hybridized carbons (Fsp3) is 0.160. The molecule has 0 unspecified atom stereocenters. The molecule has 0 bridgehead atoms. The van der Waals surface area contributed by atoms with Crippen LogP contribution in [-0.4, -0.2) is 6.61 Å². The van der Waals surface area contributed by atoms with Crippen LogP contribution >= 0.6 is 11.6 Å². The Morgan fingerprint density at radius 1 is 0.931 bits per heavy atom. The molecular formula is C25H22ClNO2. The molecule has 0 saturated heterocycles. The molecule has 0 N–H and O–H groups in total. The summed E-state index contributed by atoms with van der Waals surface area (Å²) in [6, 6.07) is 23.9. The molecule has 1 aromatic heterocycles. The summed E-state index contributed by atoms with van der Waals surface area (Å²) in [6.07, 6.45) is 0. The monoisotopic (exact) mass is 403 g/mol. The van der Waals surface area contributed by atoms with E-state index in [1.807, 2.05) is 55.5 Å². The van der Waals surface area contributed by atoms with Crippen LogP contribution in [0.15, 0.2) is 82.2 Å². The minimum absolute atomic E-state index is 0.558. The highest BCUT2D eigenvalue weighted by atomic mass is 35.5. The predicted octanol–water partition coefficient (Wildman–Crippen LogP) is 6.56. The van der Waals surface area contributed by atoms with E-state index in [4.69, 9.17) is 25.7 Å². The van der Waals surface area contributed by atoms with Crippen molar-refractivity contribution in [2.45, 2.75) is 20.4 Å². The zero-order valence-electron chi connectivity index (χ0n) is 16.5. The standard InChI is InChI=1S/C25H22ClNO2/c1-3-28-21-12-13-24-22(14-21)23(27-16-18-6-10-20(26)11-7-18)15-25(29-24)19-8-4-17(2)5-9-19/h4-15H,3,16H2,1-2H3. The highest BCUT2D eigenvalue weighted by Gasteiger charge is 2.08. The van der Waals surface area contributed by atoms with Gasteiger partial charge in [0.1, 0.15) is 17.1 Å². The smallest absolute Gasteiger partial charge is 0.137 e. The molecule has 0 spiro atoms. The lowest BCUT2D eigenvalue weighted by Gasteiger charge is -2.08. The number of rotatable bonds is 5. The normalized spacial score (nSPS) is 11.8. The second-order valence-electron chi connectivity index (χ2n) is 6.90. The van der Waals surface area contributed by atoms with Gasteiger partial charge in [0.2, 0.25) is 0 Å². The fourth-order valence-electron chi connectivity index (χ4n) is 3.16. The summed E-state index contributed by atoms with van der Waals surface area (Å²) in [5, 5.41) is 2.53. The molecule has 3 aromatic carbocycles. The van der Waals surface area contributed by atoms with Crippen molar-refractivity contribution >= 4 is 22.6 Å². The summed E-state index contributed by atoms with van der Waals surface area (Å²) < 4.78 is 11.9. The van der Waals surface area contributed by atoms with E-state index < -0.39 is 0 Å². The summed E-state index contributed by atoms with van der Waals surface area (Å²) in [5.41, 5.74) is 4.11. The predicted molar refractivity (Wildman–Crippen MR) is 118 cm³/mol. The lowest BCUT2D eigenvalue weighted by molar-refractivity contribution is 0.340. The van der Waals surface area contributed by atoms with E-state index in [2.05, 4.69) is 31.2 Å². The van der Waals surface area contributed by atoms with E-state index in [9.17, 15) is 0 Å². The Bertz CT molecular complexity index is 1190. The van der Waals surface area contributed by atoms with Gasteiger partial charge in [0.15, 0.2) is 0 Å². The van der Waals surface area contributed by atoms with Crippen LogP contribution in [0.25, 0.3) is 22.3 Å². The van der Waals surface area contributed by atoms with Gasteiger partial charge in [-0.15, -0.1) is 0 Å². The lowest BCUT2D eigenvalue weighted by atomic mass is 10.1. The van der Waals surface area contributed by atoms with Crippen molar-refractivity contribution in [3.05, 3.63) is 94.3 Å². The molecule has 4 aromatic rings. The van der Waals surface area contributed by atoms with Crippen LogP contribution in [0.4, 0.5) is 0 Å². The summed E-state index contributed by atoms with van der Waals surface area (Å²) in [5.74, 6) is 1.60. The van der Waals surface area contributed by atoms with E-state index in [-0.39, 0.29) is 0 Å². The van der Waals surface area contributed by atoms with Crippen LogP contribution < -0.4 is 10.1 Å². The zero-order valence-corrected chi connectivity index (χ0v) is 17.2. The van der Waals surface area contributed by atoms with Crippen molar-refractivity contribution in [1.82, 2.24) is 0 Å². The van der Waals surface area contributed by atoms with Crippen molar-refractivity contribution < 1.29 is 9.15 Å². The molecule has 4 rings (SSSR count). The molecule has 29 heavy (non-hydrogen) atoms. The van der Waals surface area contributed by atoms with Gasteiger partial charge in [0.05, 0.1) is 18.5 Å². The van der Waals surface area contributed by atoms with Crippen LogP contribution in [0.1, 0.15) is 18.1 Å². The van der Waals surface area contributed by atoms with Crippen LogP contribution in [-0.2, 0) is 6.54 Å². The average molecular weight is 404 g/mol. The van der Waals surface area contributed by atoms with Crippen LogP contribution in [0.2, 0.25) is 5.02 Å². The van der Waals surface area contributed by atoms with E-state index in [1.54, 1.807) is 0 Å². The molecular weight excluding hydrogens is 382 g/mol. The highest BCUT2D eigenvalue weighted by molar-refractivity contribution is 6.30. The van der Waals surface area contributed by atoms with Gasteiger partial charge in [0.25, 0.3) is 0 Å². The zero-order chi connectivity index (χ0) is 20.2. The maximum Gasteiger partial charge on any atom is 0.137 e. The van der Waals surface area contributed by atoms with Gasteiger partial charge in [-0.2, -0.15) is 0 Å².